The molecular weight excluding hydrogens is 573 g/mol. The molecule has 1 N–H and O–H groups in total. The molecule has 40 heavy (non-hydrogen) atoms. The van der Waals surface area contributed by atoms with E-state index in [1.54, 1.807) is 36.4 Å². The van der Waals surface area contributed by atoms with Gasteiger partial charge >= 0.3 is 0 Å². The van der Waals surface area contributed by atoms with Crippen LogP contribution in [0.5, 0.6) is 11.5 Å². The minimum absolute atomic E-state index is 0.0326. The number of nitrogens with one attached hydrogen (secondary N) is 1. The van der Waals surface area contributed by atoms with Crippen LogP contribution in [0.4, 0.5) is 5.69 Å². The van der Waals surface area contributed by atoms with Gasteiger partial charge in [-0.1, -0.05) is 59.6 Å². The highest BCUT2D eigenvalue weighted by Crippen LogP contribution is 2.29. The molecule has 0 saturated heterocycles. The molecule has 0 unspecified atom stereocenters. The predicted octanol–water partition coefficient (Wildman–Crippen LogP) is 5.93. The molecule has 1 amide bonds. The van der Waals surface area contributed by atoms with Crippen LogP contribution < -0.4 is 19.2 Å². The summed E-state index contributed by atoms with van der Waals surface area (Å²) in [6.45, 7) is -0.166. The average Bonchev–Trinajstić information content (AvgIpc) is 2.95. The first kappa shape index (κ1) is 28.9. The smallest absolute Gasteiger partial charge is 0.264 e. The number of amides is 1. The monoisotopic (exact) mass is 597 g/mol. The second kappa shape index (κ2) is 13.3. The number of hydrogen-bond donors (Lipinski definition) is 1. The molecule has 0 aromatic heterocycles. The fourth-order valence-electron chi connectivity index (χ4n) is 3.64. The molecule has 0 aliphatic heterocycles. The van der Waals surface area contributed by atoms with Crippen LogP contribution in [0, 0.1) is 0 Å². The summed E-state index contributed by atoms with van der Waals surface area (Å²) in [5.41, 5.74) is 4.24. The molecule has 0 spiro atoms. The first-order valence-electron chi connectivity index (χ1n) is 12.0. The van der Waals surface area contributed by atoms with Gasteiger partial charge in [-0.3, -0.25) is 9.10 Å². The summed E-state index contributed by atoms with van der Waals surface area (Å²) >= 11 is 12.0. The quantitative estimate of drug-likeness (QED) is 0.171. The molecule has 0 heterocycles. The van der Waals surface area contributed by atoms with Gasteiger partial charge in [0.15, 0.2) is 11.5 Å². The van der Waals surface area contributed by atoms with Crippen molar-refractivity contribution in [3.05, 3.63) is 118 Å². The van der Waals surface area contributed by atoms with Crippen LogP contribution in [0.25, 0.3) is 0 Å². The first-order chi connectivity index (χ1) is 19.3. The third-order valence-corrected chi connectivity index (χ3v) is 7.89. The summed E-state index contributed by atoms with van der Waals surface area (Å²) in [7, 11) is -2.60. The third-order valence-electron chi connectivity index (χ3n) is 5.61. The Morgan fingerprint density at radius 2 is 1.65 bits per heavy atom. The van der Waals surface area contributed by atoms with E-state index < -0.39 is 22.5 Å². The molecule has 0 aliphatic carbocycles. The predicted molar refractivity (Wildman–Crippen MR) is 157 cm³/mol. The van der Waals surface area contributed by atoms with E-state index in [1.807, 2.05) is 30.3 Å². The molecule has 0 radical (unpaired) electrons. The highest BCUT2D eigenvalue weighted by molar-refractivity contribution is 7.92. The van der Waals surface area contributed by atoms with Crippen LogP contribution in [0.2, 0.25) is 10.0 Å². The van der Waals surface area contributed by atoms with E-state index in [1.165, 1.54) is 43.7 Å². The van der Waals surface area contributed by atoms with E-state index in [-0.39, 0.29) is 10.6 Å². The fraction of sp³-hybridized carbons (Fsp3) is 0.103. The van der Waals surface area contributed by atoms with E-state index in [4.69, 9.17) is 32.7 Å². The molecule has 4 aromatic carbocycles. The van der Waals surface area contributed by atoms with Gasteiger partial charge in [-0.2, -0.15) is 5.10 Å². The number of hydrazone groups is 1. The number of sulfonamides is 1. The third kappa shape index (κ3) is 7.53. The maximum absolute atomic E-state index is 13.4. The largest absolute Gasteiger partial charge is 0.493 e. The Hall–Kier alpha value is -4.05. The van der Waals surface area contributed by atoms with E-state index in [2.05, 4.69) is 10.5 Å². The number of halogens is 2. The lowest BCUT2D eigenvalue weighted by Crippen LogP contribution is -2.39. The molecule has 0 fully saturated rings. The summed E-state index contributed by atoms with van der Waals surface area (Å²) in [5, 5.41) is 4.68. The van der Waals surface area contributed by atoms with Crippen molar-refractivity contribution >= 4 is 51.0 Å². The number of carbonyl (C=O) groups is 1. The van der Waals surface area contributed by atoms with Crippen molar-refractivity contribution in [2.24, 2.45) is 5.10 Å². The number of hydrogen-bond acceptors (Lipinski definition) is 6. The van der Waals surface area contributed by atoms with Crippen molar-refractivity contribution in [2.75, 3.05) is 18.0 Å². The average molecular weight is 599 g/mol. The Labute approximate surface area is 242 Å². The molecule has 4 aromatic rings. The molecule has 0 saturated carbocycles. The van der Waals surface area contributed by atoms with Crippen molar-refractivity contribution in [3.8, 4) is 11.5 Å². The molecular formula is C29H25Cl2N3O5S. The van der Waals surface area contributed by atoms with Crippen LogP contribution in [-0.4, -0.2) is 34.2 Å². The van der Waals surface area contributed by atoms with Crippen molar-refractivity contribution in [2.45, 2.75) is 11.5 Å². The normalized spacial score (nSPS) is 11.3. The number of carbonyl (C=O) groups excluding carboxylic acids is 1. The Bertz CT molecular complexity index is 1600. The van der Waals surface area contributed by atoms with E-state index in [0.29, 0.717) is 33.7 Å². The van der Waals surface area contributed by atoms with E-state index >= 15 is 0 Å². The van der Waals surface area contributed by atoms with Crippen LogP contribution >= 0.6 is 23.2 Å². The Balaban J connectivity index is 1.46. The summed E-state index contributed by atoms with van der Waals surface area (Å²) in [5.74, 6) is 0.382. The molecule has 11 heteroatoms. The number of ether oxygens (including phenoxy) is 2. The zero-order valence-electron chi connectivity index (χ0n) is 21.3. The van der Waals surface area contributed by atoms with Gasteiger partial charge in [0.25, 0.3) is 15.9 Å². The lowest BCUT2D eigenvalue weighted by Gasteiger charge is -2.23. The van der Waals surface area contributed by atoms with Crippen molar-refractivity contribution in [1.82, 2.24) is 5.43 Å². The maximum Gasteiger partial charge on any atom is 0.264 e. The van der Waals surface area contributed by atoms with Crippen molar-refractivity contribution in [3.63, 3.8) is 0 Å². The molecule has 0 bridgehead atoms. The number of methoxy groups -OCH3 is 1. The summed E-state index contributed by atoms with van der Waals surface area (Å²) in [6, 6.07) is 26.8. The van der Waals surface area contributed by atoms with Crippen molar-refractivity contribution < 1.29 is 22.7 Å². The highest BCUT2D eigenvalue weighted by atomic mass is 35.5. The first-order valence-corrected chi connectivity index (χ1v) is 14.2. The lowest BCUT2D eigenvalue weighted by molar-refractivity contribution is -0.119. The minimum atomic E-state index is -4.13. The van der Waals surface area contributed by atoms with Gasteiger partial charge in [-0.25, -0.2) is 13.8 Å². The zero-order chi connectivity index (χ0) is 28.5. The Morgan fingerprint density at radius 3 is 2.35 bits per heavy atom. The van der Waals surface area contributed by atoms with Gasteiger partial charge in [0.1, 0.15) is 13.2 Å². The molecule has 206 valence electrons. The zero-order valence-corrected chi connectivity index (χ0v) is 23.7. The molecule has 8 nitrogen and oxygen atoms in total. The summed E-state index contributed by atoms with van der Waals surface area (Å²) in [6.07, 6.45) is 1.42. The van der Waals surface area contributed by atoms with E-state index in [0.717, 1.165) is 9.87 Å². The van der Waals surface area contributed by atoms with Crippen LogP contribution in [0.1, 0.15) is 11.1 Å². The maximum atomic E-state index is 13.4. The minimum Gasteiger partial charge on any atom is -0.493 e. The number of benzene rings is 4. The van der Waals surface area contributed by atoms with Crippen LogP contribution in [0.15, 0.2) is 107 Å². The van der Waals surface area contributed by atoms with Gasteiger partial charge < -0.3 is 9.47 Å². The second-order valence-electron chi connectivity index (χ2n) is 8.42. The lowest BCUT2D eigenvalue weighted by atomic mass is 10.2. The topological polar surface area (TPSA) is 97.3 Å². The fourth-order valence-corrected chi connectivity index (χ4v) is 5.37. The molecule has 0 atom stereocenters. The molecule has 4 rings (SSSR count). The van der Waals surface area contributed by atoms with E-state index in [9.17, 15) is 13.2 Å². The van der Waals surface area contributed by atoms with Crippen molar-refractivity contribution in [1.29, 1.82) is 0 Å². The van der Waals surface area contributed by atoms with Gasteiger partial charge in [0.05, 0.1) is 23.9 Å². The molecule has 0 aliphatic rings. The van der Waals surface area contributed by atoms with Gasteiger partial charge in [-0.15, -0.1) is 0 Å². The highest BCUT2D eigenvalue weighted by Gasteiger charge is 2.27. The SMILES string of the molecule is COc1cc(/C=N\NC(=O)CN(c2cccc(Cl)c2)S(=O)(=O)c2ccc(Cl)cc2)ccc1OCc1ccccc1. The van der Waals surface area contributed by atoms with Crippen LogP contribution in [-0.2, 0) is 21.4 Å². The van der Waals surface area contributed by atoms with Gasteiger partial charge in [0.2, 0.25) is 0 Å². The Morgan fingerprint density at radius 1 is 0.900 bits per heavy atom. The standard InChI is InChI=1S/C29H25Cl2N3O5S/c1-38-28-16-22(10-15-27(28)39-20-21-6-3-2-4-7-21)18-32-33-29(35)19-34(25-9-5-8-24(31)17-25)40(36,37)26-13-11-23(30)12-14-26/h2-18H,19-20H2,1H3,(H,33,35)/b32-18-. The summed E-state index contributed by atoms with van der Waals surface area (Å²) in [4.78, 5) is 12.8. The van der Waals surface area contributed by atoms with Gasteiger partial charge in [0, 0.05) is 10.0 Å². The van der Waals surface area contributed by atoms with Crippen LogP contribution in [0.3, 0.4) is 0 Å². The number of anilines is 1. The second-order valence-corrected chi connectivity index (χ2v) is 11.2. The number of rotatable bonds is 11. The number of nitrogens with zero attached hydrogens (tertiary/aromatic N) is 2. The van der Waals surface area contributed by atoms with Gasteiger partial charge in [-0.05, 0) is 71.8 Å². The Kier molecular flexibility index (Phi) is 9.65. The summed E-state index contributed by atoms with van der Waals surface area (Å²) < 4.78 is 39.1.